The van der Waals surface area contributed by atoms with Gasteiger partial charge in [-0.15, -0.1) is 0 Å². The molecule has 5 heteroatoms. The van der Waals surface area contributed by atoms with Gasteiger partial charge in [0, 0.05) is 17.8 Å². The molecular weight excluding hydrogens is 259 g/mol. The van der Waals surface area contributed by atoms with Gasteiger partial charge in [-0.2, -0.15) is 0 Å². The Morgan fingerprint density at radius 2 is 1.70 bits per heavy atom. The summed E-state index contributed by atoms with van der Waals surface area (Å²) in [6, 6.07) is 12.0. The average molecular weight is 272 g/mol. The maximum atomic E-state index is 12.7. The van der Waals surface area contributed by atoms with Crippen LogP contribution in [-0.2, 0) is 6.54 Å². The van der Waals surface area contributed by atoms with Gasteiger partial charge in [0.05, 0.1) is 0 Å². The van der Waals surface area contributed by atoms with Crippen LogP contribution in [0, 0.1) is 5.82 Å². The first-order valence-corrected chi connectivity index (χ1v) is 6.02. The van der Waals surface area contributed by atoms with Crippen LogP contribution in [0.4, 0.5) is 14.9 Å². The number of amides is 2. The topological polar surface area (TPSA) is 58.2 Å². The van der Waals surface area contributed by atoms with E-state index in [0.717, 1.165) is 11.8 Å². The third-order valence-corrected chi connectivity index (χ3v) is 2.67. The highest BCUT2D eigenvalue weighted by Crippen LogP contribution is 2.08. The van der Waals surface area contributed by atoms with Gasteiger partial charge in [-0.1, -0.05) is 12.1 Å². The Balaban J connectivity index is 1.85. The molecule has 20 heavy (non-hydrogen) atoms. The summed E-state index contributed by atoms with van der Waals surface area (Å²) in [5.74, 6) is -0.312. The molecule has 0 saturated carbocycles. The van der Waals surface area contributed by atoms with Crippen LogP contribution in [0.2, 0.25) is 0 Å². The van der Waals surface area contributed by atoms with Crippen LogP contribution in [0.3, 0.4) is 0 Å². The molecule has 0 aliphatic heterocycles. The molecule has 0 radical (unpaired) electrons. The van der Waals surface area contributed by atoms with E-state index in [1.165, 1.54) is 12.1 Å². The molecule has 0 atom stereocenters. The summed E-state index contributed by atoms with van der Waals surface area (Å²) in [4.78, 5) is 22.1. The van der Waals surface area contributed by atoms with Gasteiger partial charge in [0.1, 0.15) is 12.1 Å². The van der Waals surface area contributed by atoms with Gasteiger partial charge >= 0.3 is 6.03 Å². The third-order valence-electron chi connectivity index (χ3n) is 2.67. The quantitative estimate of drug-likeness (QED) is 0.841. The molecule has 0 bridgehead atoms. The zero-order valence-electron chi connectivity index (χ0n) is 10.6. The lowest BCUT2D eigenvalue weighted by atomic mass is 10.2. The highest BCUT2D eigenvalue weighted by molar-refractivity contribution is 5.89. The standard InChI is InChI=1S/C15H13FN2O2/c16-13-5-1-11(2-6-13)9-17-15(20)18-14-7-3-12(10-19)4-8-14/h1-8,10H,9H2,(H2,17,18,20). The van der Waals surface area contributed by atoms with Gasteiger partial charge in [-0.25, -0.2) is 9.18 Å². The van der Waals surface area contributed by atoms with Gasteiger partial charge < -0.3 is 10.6 Å². The van der Waals surface area contributed by atoms with Crippen LogP contribution < -0.4 is 10.6 Å². The first-order chi connectivity index (χ1) is 9.67. The second kappa shape index (κ2) is 6.47. The van der Waals surface area contributed by atoms with Gasteiger partial charge in [0.25, 0.3) is 0 Å². The van der Waals surface area contributed by atoms with Crippen molar-refractivity contribution < 1.29 is 14.0 Å². The number of rotatable bonds is 4. The Morgan fingerprint density at radius 1 is 1.05 bits per heavy atom. The fourth-order valence-electron chi connectivity index (χ4n) is 1.60. The van der Waals surface area contributed by atoms with E-state index in [9.17, 15) is 14.0 Å². The number of urea groups is 1. The van der Waals surface area contributed by atoms with E-state index in [4.69, 9.17) is 0 Å². The Bertz CT molecular complexity index is 594. The lowest BCUT2D eigenvalue weighted by Crippen LogP contribution is -2.28. The summed E-state index contributed by atoms with van der Waals surface area (Å²) >= 11 is 0. The van der Waals surface area contributed by atoms with Crippen LogP contribution in [0.1, 0.15) is 15.9 Å². The minimum absolute atomic E-state index is 0.304. The Hall–Kier alpha value is -2.69. The predicted octanol–water partition coefficient (Wildman–Crippen LogP) is 2.96. The van der Waals surface area contributed by atoms with Gasteiger partial charge in [0.2, 0.25) is 0 Å². The van der Waals surface area contributed by atoms with E-state index in [1.807, 2.05) is 0 Å². The monoisotopic (exact) mass is 272 g/mol. The van der Waals surface area contributed by atoms with Crippen LogP contribution >= 0.6 is 0 Å². The Morgan fingerprint density at radius 3 is 2.30 bits per heavy atom. The largest absolute Gasteiger partial charge is 0.334 e. The highest BCUT2D eigenvalue weighted by Gasteiger charge is 2.02. The first-order valence-electron chi connectivity index (χ1n) is 6.02. The van der Waals surface area contributed by atoms with E-state index in [-0.39, 0.29) is 11.8 Å². The number of carbonyl (C=O) groups is 2. The summed E-state index contributed by atoms with van der Waals surface area (Å²) in [6.45, 7) is 0.304. The molecule has 4 nitrogen and oxygen atoms in total. The molecule has 0 aliphatic carbocycles. The lowest BCUT2D eigenvalue weighted by molar-refractivity contribution is 0.112. The summed E-state index contributed by atoms with van der Waals surface area (Å²) in [6.07, 6.45) is 0.735. The molecule has 2 amide bonds. The Labute approximate surface area is 115 Å². The average Bonchev–Trinajstić information content (AvgIpc) is 2.47. The van der Waals surface area contributed by atoms with Crippen LogP contribution in [0.15, 0.2) is 48.5 Å². The summed E-state index contributed by atoms with van der Waals surface area (Å²) < 4.78 is 12.7. The molecular formula is C15H13FN2O2. The van der Waals surface area contributed by atoms with E-state index in [0.29, 0.717) is 17.8 Å². The molecule has 0 spiro atoms. The summed E-state index contributed by atoms with van der Waals surface area (Å²) in [7, 11) is 0. The van der Waals surface area contributed by atoms with Gasteiger partial charge in [-0.3, -0.25) is 4.79 Å². The molecule has 0 aliphatic rings. The van der Waals surface area contributed by atoms with Crippen molar-refractivity contribution in [3.63, 3.8) is 0 Å². The number of carbonyl (C=O) groups excluding carboxylic acids is 2. The highest BCUT2D eigenvalue weighted by atomic mass is 19.1. The number of aldehydes is 1. The minimum Gasteiger partial charge on any atom is -0.334 e. The van der Waals surface area contributed by atoms with Crippen molar-refractivity contribution in [3.05, 3.63) is 65.5 Å². The maximum absolute atomic E-state index is 12.7. The lowest BCUT2D eigenvalue weighted by Gasteiger charge is -2.07. The fraction of sp³-hybridized carbons (Fsp3) is 0.0667. The smallest absolute Gasteiger partial charge is 0.319 e. The summed E-state index contributed by atoms with van der Waals surface area (Å²) in [5.41, 5.74) is 1.94. The van der Waals surface area contributed by atoms with Crippen LogP contribution in [-0.4, -0.2) is 12.3 Å². The van der Waals surface area contributed by atoms with Crippen LogP contribution in [0.25, 0.3) is 0 Å². The number of nitrogens with one attached hydrogen (secondary N) is 2. The van der Waals surface area contributed by atoms with E-state index < -0.39 is 0 Å². The fourth-order valence-corrected chi connectivity index (χ4v) is 1.60. The van der Waals surface area contributed by atoms with E-state index in [2.05, 4.69) is 10.6 Å². The molecule has 0 heterocycles. The van der Waals surface area contributed by atoms with Crippen molar-refractivity contribution in [1.82, 2.24) is 5.32 Å². The number of benzene rings is 2. The Kier molecular flexibility index (Phi) is 4.44. The molecule has 2 aromatic carbocycles. The zero-order valence-corrected chi connectivity index (χ0v) is 10.6. The second-order valence-electron chi connectivity index (χ2n) is 4.17. The zero-order chi connectivity index (χ0) is 14.4. The first kappa shape index (κ1) is 13.7. The SMILES string of the molecule is O=Cc1ccc(NC(=O)NCc2ccc(F)cc2)cc1. The van der Waals surface area contributed by atoms with E-state index in [1.54, 1.807) is 36.4 Å². The molecule has 2 aromatic rings. The maximum Gasteiger partial charge on any atom is 0.319 e. The van der Waals surface area contributed by atoms with Crippen molar-refractivity contribution in [2.75, 3.05) is 5.32 Å². The van der Waals surface area contributed by atoms with Gasteiger partial charge in [0.15, 0.2) is 0 Å². The normalized spacial score (nSPS) is 9.85. The second-order valence-corrected chi connectivity index (χ2v) is 4.17. The van der Waals surface area contributed by atoms with Crippen LogP contribution in [0.5, 0.6) is 0 Å². The van der Waals surface area contributed by atoms with Gasteiger partial charge in [-0.05, 0) is 42.0 Å². The third kappa shape index (κ3) is 3.91. The van der Waals surface area contributed by atoms with Crippen molar-refractivity contribution >= 4 is 18.0 Å². The molecule has 0 aromatic heterocycles. The number of halogens is 1. The predicted molar refractivity (Wildman–Crippen MR) is 74.1 cm³/mol. The van der Waals surface area contributed by atoms with Crippen molar-refractivity contribution in [3.8, 4) is 0 Å². The van der Waals surface area contributed by atoms with Crippen molar-refractivity contribution in [2.45, 2.75) is 6.54 Å². The molecule has 2 N–H and O–H groups in total. The minimum atomic E-state index is -0.367. The molecule has 0 unspecified atom stereocenters. The molecule has 0 fully saturated rings. The van der Waals surface area contributed by atoms with Crippen molar-refractivity contribution in [2.24, 2.45) is 0 Å². The summed E-state index contributed by atoms with van der Waals surface area (Å²) in [5, 5.41) is 5.29. The molecule has 0 saturated heterocycles. The van der Waals surface area contributed by atoms with E-state index >= 15 is 0 Å². The number of anilines is 1. The molecule has 2 rings (SSSR count). The number of hydrogen-bond acceptors (Lipinski definition) is 2. The van der Waals surface area contributed by atoms with Crippen molar-refractivity contribution in [1.29, 1.82) is 0 Å². The number of hydrogen-bond donors (Lipinski definition) is 2. The molecule has 102 valence electrons.